The van der Waals surface area contributed by atoms with Gasteiger partial charge in [0.05, 0.1) is 41.1 Å². The lowest BCUT2D eigenvalue weighted by molar-refractivity contribution is -0.150. The van der Waals surface area contributed by atoms with Gasteiger partial charge >= 0.3 is 5.97 Å². The molecule has 186 valence electrons. The van der Waals surface area contributed by atoms with Crippen LogP contribution in [-0.2, 0) is 32.1 Å². The van der Waals surface area contributed by atoms with Crippen molar-refractivity contribution in [3.05, 3.63) is 74.2 Å². The number of allylic oxidation sites excluding steroid dienone is 1. The van der Waals surface area contributed by atoms with E-state index in [9.17, 15) is 19.6 Å². The molecule has 2 aromatic rings. The Morgan fingerprint density at radius 1 is 1.22 bits per heavy atom. The number of nitrogens with one attached hydrogen (secondary N) is 1. The number of fused-ring (bicyclic) bond motifs is 1. The Morgan fingerprint density at radius 3 is 2.64 bits per heavy atom. The number of carbonyl (C=O) groups excluding carboxylic acids is 3. The van der Waals surface area contributed by atoms with E-state index in [1.807, 2.05) is 18.2 Å². The van der Waals surface area contributed by atoms with Crippen molar-refractivity contribution in [2.24, 2.45) is 5.92 Å². The standard InChI is InChI=1S/C26H24BrN3O5S/c1-34-20-8-7-16(11-19(20)27)22-18(12-28)25(29-24(32)23(22)26(33)35-2)36-14-21(31)30-10-9-15-5-3-4-6-17(15)13-30/h3-8,11,22-23H,9-10,13-14H2,1-2H3,(H,29,32)/t22-,23-/m0/s1. The van der Waals surface area contributed by atoms with E-state index in [0.717, 1.165) is 23.7 Å². The molecule has 2 atom stereocenters. The van der Waals surface area contributed by atoms with Gasteiger partial charge in [-0.25, -0.2) is 0 Å². The van der Waals surface area contributed by atoms with Gasteiger partial charge in [0.1, 0.15) is 11.7 Å². The Kier molecular flexibility index (Phi) is 8.01. The fraction of sp³-hybridized carbons (Fsp3) is 0.308. The number of hydrogen-bond donors (Lipinski definition) is 1. The van der Waals surface area contributed by atoms with Gasteiger partial charge in [0.25, 0.3) is 0 Å². The molecule has 0 radical (unpaired) electrons. The summed E-state index contributed by atoms with van der Waals surface area (Å²) in [5.74, 6) is -2.93. The summed E-state index contributed by atoms with van der Waals surface area (Å²) < 4.78 is 10.8. The maximum absolute atomic E-state index is 13.0. The third kappa shape index (κ3) is 5.13. The number of thioether (sulfide) groups is 1. The van der Waals surface area contributed by atoms with Crippen LogP contribution in [0.15, 0.2) is 57.5 Å². The van der Waals surface area contributed by atoms with E-state index in [4.69, 9.17) is 9.47 Å². The lowest BCUT2D eigenvalue weighted by Crippen LogP contribution is -2.44. The number of rotatable bonds is 6. The number of halogens is 1. The molecule has 10 heteroatoms. The summed E-state index contributed by atoms with van der Waals surface area (Å²) >= 11 is 4.52. The van der Waals surface area contributed by atoms with Crippen LogP contribution < -0.4 is 10.1 Å². The van der Waals surface area contributed by atoms with E-state index in [0.29, 0.717) is 28.9 Å². The van der Waals surface area contributed by atoms with Crippen molar-refractivity contribution in [2.75, 3.05) is 26.5 Å². The molecule has 2 amide bonds. The molecule has 2 heterocycles. The molecular weight excluding hydrogens is 546 g/mol. The normalized spacial score (nSPS) is 19.2. The Bertz CT molecular complexity index is 1290. The molecular formula is C26H24BrN3O5S. The van der Waals surface area contributed by atoms with E-state index in [1.165, 1.54) is 19.8 Å². The number of hydrogen-bond acceptors (Lipinski definition) is 7. The van der Waals surface area contributed by atoms with Crippen LogP contribution in [-0.4, -0.2) is 49.2 Å². The van der Waals surface area contributed by atoms with Gasteiger partial charge in [-0.05, 0) is 51.2 Å². The summed E-state index contributed by atoms with van der Waals surface area (Å²) in [6, 6.07) is 15.3. The van der Waals surface area contributed by atoms with Crippen LogP contribution in [0.5, 0.6) is 5.75 Å². The predicted molar refractivity (Wildman–Crippen MR) is 138 cm³/mol. The van der Waals surface area contributed by atoms with Crippen LogP contribution >= 0.6 is 27.7 Å². The van der Waals surface area contributed by atoms with Gasteiger partial charge in [0, 0.05) is 19.0 Å². The van der Waals surface area contributed by atoms with E-state index in [-0.39, 0.29) is 22.3 Å². The first-order valence-corrected chi connectivity index (χ1v) is 13.0. The molecule has 0 saturated heterocycles. The molecule has 8 nitrogen and oxygen atoms in total. The van der Waals surface area contributed by atoms with Gasteiger partial charge in [-0.3, -0.25) is 14.4 Å². The van der Waals surface area contributed by atoms with E-state index >= 15 is 0 Å². The molecule has 0 spiro atoms. The van der Waals surface area contributed by atoms with Crippen molar-refractivity contribution >= 4 is 45.5 Å². The maximum Gasteiger partial charge on any atom is 0.319 e. The molecule has 4 rings (SSSR count). The monoisotopic (exact) mass is 569 g/mol. The van der Waals surface area contributed by atoms with Crippen molar-refractivity contribution in [3.63, 3.8) is 0 Å². The van der Waals surface area contributed by atoms with Crippen molar-refractivity contribution in [1.82, 2.24) is 10.2 Å². The Morgan fingerprint density at radius 2 is 1.97 bits per heavy atom. The highest BCUT2D eigenvalue weighted by molar-refractivity contribution is 9.10. The van der Waals surface area contributed by atoms with E-state index in [1.54, 1.807) is 23.1 Å². The summed E-state index contributed by atoms with van der Waals surface area (Å²) in [4.78, 5) is 40.4. The molecule has 0 aromatic heterocycles. The van der Waals surface area contributed by atoms with Crippen LogP contribution in [0, 0.1) is 17.2 Å². The van der Waals surface area contributed by atoms with Crippen molar-refractivity contribution < 1.29 is 23.9 Å². The smallest absolute Gasteiger partial charge is 0.319 e. The number of nitriles is 1. The van der Waals surface area contributed by atoms with Crippen molar-refractivity contribution in [3.8, 4) is 11.8 Å². The molecule has 2 aliphatic heterocycles. The van der Waals surface area contributed by atoms with E-state index < -0.39 is 23.7 Å². The zero-order chi connectivity index (χ0) is 25.8. The van der Waals surface area contributed by atoms with Gasteiger partial charge in [-0.2, -0.15) is 5.26 Å². The second kappa shape index (κ2) is 11.2. The molecule has 0 saturated carbocycles. The fourth-order valence-electron chi connectivity index (χ4n) is 4.49. The van der Waals surface area contributed by atoms with Crippen LogP contribution in [0.2, 0.25) is 0 Å². The van der Waals surface area contributed by atoms with E-state index in [2.05, 4.69) is 33.4 Å². The first-order valence-electron chi connectivity index (χ1n) is 11.2. The minimum Gasteiger partial charge on any atom is -0.496 e. The Hall–Kier alpha value is -3.29. The predicted octanol–water partition coefficient (Wildman–Crippen LogP) is 3.51. The summed E-state index contributed by atoms with van der Waals surface area (Å²) in [6.07, 6.45) is 0.782. The largest absolute Gasteiger partial charge is 0.496 e. The SMILES string of the molecule is COC(=O)[C@@H]1C(=O)NC(SCC(=O)N2CCc3ccccc3C2)=C(C#N)[C@@H]1c1ccc(OC)c(Br)c1. The highest BCUT2D eigenvalue weighted by Crippen LogP contribution is 2.42. The van der Waals surface area contributed by atoms with Crippen molar-refractivity contribution in [2.45, 2.75) is 18.9 Å². The molecule has 0 aliphatic carbocycles. The number of nitrogens with zero attached hydrogens (tertiary/aromatic N) is 2. The molecule has 0 bridgehead atoms. The highest BCUT2D eigenvalue weighted by atomic mass is 79.9. The van der Waals surface area contributed by atoms with Crippen LogP contribution in [0.4, 0.5) is 0 Å². The summed E-state index contributed by atoms with van der Waals surface area (Å²) in [6.45, 7) is 1.14. The van der Waals surface area contributed by atoms with Crippen LogP contribution in [0.1, 0.15) is 22.6 Å². The molecule has 0 fully saturated rings. The molecule has 36 heavy (non-hydrogen) atoms. The Labute approximate surface area is 221 Å². The topological polar surface area (TPSA) is 109 Å². The summed E-state index contributed by atoms with van der Waals surface area (Å²) in [5, 5.41) is 13.0. The Balaban J connectivity index is 1.61. The number of carbonyl (C=O) groups is 3. The number of methoxy groups -OCH3 is 2. The third-order valence-electron chi connectivity index (χ3n) is 6.34. The minimum absolute atomic E-state index is 0.0465. The lowest BCUT2D eigenvalue weighted by atomic mass is 9.78. The first kappa shape index (κ1) is 25.8. The molecule has 2 aliphatic rings. The zero-order valence-electron chi connectivity index (χ0n) is 19.7. The second-order valence-corrected chi connectivity index (χ2v) is 10.2. The fourth-order valence-corrected chi connectivity index (χ4v) is 6.00. The van der Waals surface area contributed by atoms with Gasteiger partial charge in [-0.1, -0.05) is 42.1 Å². The zero-order valence-corrected chi connectivity index (χ0v) is 22.1. The average Bonchev–Trinajstić information content (AvgIpc) is 2.90. The molecule has 0 unspecified atom stereocenters. The summed E-state index contributed by atoms with van der Waals surface area (Å²) in [5.41, 5.74) is 3.13. The quantitative estimate of drug-likeness (QED) is 0.418. The average molecular weight is 570 g/mol. The number of ether oxygens (including phenoxy) is 2. The summed E-state index contributed by atoms with van der Waals surface area (Å²) in [7, 11) is 2.73. The second-order valence-electron chi connectivity index (χ2n) is 8.34. The van der Waals surface area contributed by atoms with Gasteiger partial charge in [0.2, 0.25) is 11.8 Å². The molecule has 2 aromatic carbocycles. The van der Waals surface area contributed by atoms with Gasteiger partial charge < -0.3 is 19.7 Å². The van der Waals surface area contributed by atoms with Gasteiger partial charge in [0.15, 0.2) is 0 Å². The first-order chi connectivity index (χ1) is 17.4. The van der Waals surface area contributed by atoms with Crippen LogP contribution in [0.3, 0.4) is 0 Å². The maximum atomic E-state index is 13.0. The third-order valence-corrected chi connectivity index (χ3v) is 7.96. The number of amides is 2. The lowest BCUT2D eigenvalue weighted by Gasteiger charge is -2.32. The van der Waals surface area contributed by atoms with Gasteiger partial charge in [-0.15, -0.1) is 0 Å². The molecule has 1 N–H and O–H groups in total. The minimum atomic E-state index is -1.25. The number of benzene rings is 2. The van der Waals surface area contributed by atoms with Crippen LogP contribution in [0.25, 0.3) is 0 Å². The number of esters is 1. The van der Waals surface area contributed by atoms with Crippen molar-refractivity contribution in [1.29, 1.82) is 5.26 Å². The highest BCUT2D eigenvalue weighted by Gasteiger charge is 2.44.